The quantitative estimate of drug-likeness (QED) is 0.462. The average molecular weight is 217 g/mol. The molecule has 1 aromatic rings. The lowest BCUT2D eigenvalue weighted by molar-refractivity contribution is 1.45. The van der Waals surface area contributed by atoms with E-state index < -0.39 is 0 Å². The molecule has 0 aliphatic carbocycles. The lowest BCUT2D eigenvalue weighted by Crippen LogP contribution is -2.11. The molecule has 0 fully saturated rings. The van der Waals surface area contributed by atoms with Crippen molar-refractivity contribution in [2.45, 2.75) is 6.92 Å². The second-order valence-corrected chi connectivity index (χ2v) is 3.48. The third kappa shape index (κ3) is 3.41. The molecule has 0 heterocycles. The van der Waals surface area contributed by atoms with Gasteiger partial charge in [-0.25, -0.2) is 0 Å². The lowest BCUT2D eigenvalue weighted by atomic mass is 10.2. The number of nitrogens with one attached hydrogen (secondary N) is 1. The minimum atomic E-state index is 0.0945. The van der Waals surface area contributed by atoms with Crippen LogP contribution >= 0.6 is 12.2 Å². The largest absolute Gasteiger partial charge is 0.389 e. The number of nitriles is 1. The maximum atomic E-state index is 8.69. The van der Waals surface area contributed by atoms with Gasteiger partial charge in [-0.05, 0) is 19.1 Å². The Balaban J connectivity index is 2.76. The van der Waals surface area contributed by atoms with Crippen LogP contribution in [0, 0.1) is 18.3 Å². The summed E-state index contributed by atoms with van der Waals surface area (Å²) in [6.45, 7) is 2.01. The van der Waals surface area contributed by atoms with Gasteiger partial charge in [0.1, 0.15) is 16.6 Å². The molecule has 1 rings (SSSR count). The molecule has 76 valence electrons. The van der Waals surface area contributed by atoms with Gasteiger partial charge in [0.25, 0.3) is 0 Å². The summed E-state index contributed by atoms with van der Waals surface area (Å²) in [6, 6.07) is 9.70. The highest BCUT2D eigenvalue weighted by molar-refractivity contribution is 7.80. The van der Waals surface area contributed by atoms with Crippen molar-refractivity contribution in [2.24, 2.45) is 5.73 Å². The minimum absolute atomic E-state index is 0.0945. The molecule has 0 atom stereocenters. The van der Waals surface area contributed by atoms with Gasteiger partial charge in [-0.15, -0.1) is 0 Å². The van der Waals surface area contributed by atoms with Crippen LogP contribution in [0.15, 0.2) is 36.0 Å². The maximum Gasteiger partial charge on any atom is 0.116 e. The highest BCUT2D eigenvalue weighted by atomic mass is 32.1. The molecule has 0 saturated heterocycles. The van der Waals surface area contributed by atoms with Crippen molar-refractivity contribution in [3.8, 4) is 6.07 Å². The number of hydrogen-bond acceptors (Lipinski definition) is 3. The van der Waals surface area contributed by atoms with E-state index in [1.807, 2.05) is 37.3 Å². The number of anilines is 1. The van der Waals surface area contributed by atoms with Gasteiger partial charge in [0.2, 0.25) is 0 Å². The summed E-state index contributed by atoms with van der Waals surface area (Å²) in [6.07, 6.45) is 1.51. The van der Waals surface area contributed by atoms with Crippen LogP contribution in [0.5, 0.6) is 0 Å². The molecule has 0 spiro atoms. The maximum absolute atomic E-state index is 8.69. The van der Waals surface area contributed by atoms with E-state index in [-0.39, 0.29) is 10.6 Å². The average Bonchev–Trinajstić information content (AvgIpc) is 2.21. The highest BCUT2D eigenvalue weighted by Crippen LogP contribution is 2.09. The SMILES string of the molecule is Cc1ccc(N/C=C(\C#N)C(N)=S)cc1. The first-order valence-corrected chi connectivity index (χ1v) is 4.77. The summed E-state index contributed by atoms with van der Waals surface area (Å²) in [5.41, 5.74) is 7.68. The van der Waals surface area contributed by atoms with E-state index >= 15 is 0 Å². The van der Waals surface area contributed by atoms with Crippen molar-refractivity contribution in [1.29, 1.82) is 5.26 Å². The number of nitrogens with zero attached hydrogens (tertiary/aromatic N) is 1. The van der Waals surface area contributed by atoms with E-state index in [0.29, 0.717) is 0 Å². The van der Waals surface area contributed by atoms with Crippen molar-refractivity contribution in [3.63, 3.8) is 0 Å². The van der Waals surface area contributed by atoms with Crippen LogP contribution in [0.4, 0.5) is 5.69 Å². The number of nitrogens with two attached hydrogens (primary N) is 1. The van der Waals surface area contributed by atoms with Crippen LogP contribution in [0.2, 0.25) is 0 Å². The standard InChI is InChI=1S/C11H11N3S/c1-8-2-4-10(5-3-8)14-7-9(6-12)11(13)15/h2-5,7,14H,1H3,(H2,13,15)/b9-7+. The molecule has 1 aromatic carbocycles. The zero-order valence-electron chi connectivity index (χ0n) is 8.32. The van der Waals surface area contributed by atoms with Crippen molar-refractivity contribution in [3.05, 3.63) is 41.6 Å². The van der Waals surface area contributed by atoms with Crippen LogP contribution in [0.3, 0.4) is 0 Å². The summed E-state index contributed by atoms with van der Waals surface area (Å²) in [5, 5.41) is 11.6. The van der Waals surface area contributed by atoms with E-state index in [1.54, 1.807) is 0 Å². The number of benzene rings is 1. The van der Waals surface area contributed by atoms with Gasteiger partial charge in [0.05, 0.1) is 0 Å². The zero-order valence-corrected chi connectivity index (χ0v) is 9.14. The first-order chi connectivity index (χ1) is 7.13. The zero-order chi connectivity index (χ0) is 11.3. The molecule has 0 unspecified atom stereocenters. The fraction of sp³-hybridized carbons (Fsp3) is 0.0909. The monoisotopic (exact) mass is 217 g/mol. The summed E-state index contributed by atoms with van der Waals surface area (Å²) in [7, 11) is 0. The number of thiocarbonyl (C=S) groups is 1. The fourth-order valence-corrected chi connectivity index (χ4v) is 1.07. The smallest absolute Gasteiger partial charge is 0.116 e. The topological polar surface area (TPSA) is 61.8 Å². The Labute approximate surface area is 94.2 Å². The number of hydrogen-bond donors (Lipinski definition) is 2. The summed E-state index contributed by atoms with van der Waals surface area (Å²) in [4.78, 5) is 0.0945. The van der Waals surface area contributed by atoms with Gasteiger partial charge in [0, 0.05) is 11.9 Å². The highest BCUT2D eigenvalue weighted by Gasteiger charge is 1.97. The Morgan fingerprint density at radius 1 is 1.47 bits per heavy atom. The molecule has 0 radical (unpaired) electrons. The predicted octanol–water partition coefficient (Wildman–Crippen LogP) is 2.10. The van der Waals surface area contributed by atoms with Crippen LogP contribution in [0.1, 0.15) is 5.56 Å². The molecule has 0 amide bonds. The van der Waals surface area contributed by atoms with Crippen molar-refractivity contribution < 1.29 is 0 Å². The van der Waals surface area contributed by atoms with Crippen molar-refractivity contribution in [1.82, 2.24) is 0 Å². The van der Waals surface area contributed by atoms with E-state index in [0.717, 1.165) is 5.69 Å². The second-order valence-electron chi connectivity index (χ2n) is 3.04. The fourth-order valence-electron chi connectivity index (χ4n) is 0.964. The second kappa shape index (κ2) is 5.13. The van der Waals surface area contributed by atoms with Crippen LogP contribution in [-0.2, 0) is 0 Å². The molecule has 0 saturated carbocycles. The molecular formula is C11H11N3S. The van der Waals surface area contributed by atoms with Gasteiger partial charge in [-0.3, -0.25) is 0 Å². The summed E-state index contributed by atoms with van der Waals surface area (Å²) in [5.74, 6) is 0. The van der Waals surface area contributed by atoms with Gasteiger partial charge >= 0.3 is 0 Å². The Morgan fingerprint density at radius 3 is 2.53 bits per heavy atom. The van der Waals surface area contributed by atoms with Gasteiger partial charge in [-0.2, -0.15) is 5.26 Å². The van der Waals surface area contributed by atoms with E-state index in [4.69, 9.17) is 23.2 Å². The van der Waals surface area contributed by atoms with Crippen LogP contribution in [-0.4, -0.2) is 4.99 Å². The van der Waals surface area contributed by atoms with Gasteiger partial charge in [0.15, 0.2) is 0 Å². The molecule has 3 nitrogen and oxygen atoms in total. The third-order valence-corrected chi connectivity index (χ3v) is 2.04. The minimum Gasteiger partial charge on any atom is -0.389 e. The van der Waals surface area contributed by atoms with Gasteiger partial charge in [-0.1, -0.05) is 29.9 Å². The molecule has 0 aliphatic heterocycles. The Kier molecular flexibility index (Phi) is 3.83. The lowest BCUT2D eigenvalue weighted by Gasteiger charge is -2.01. The van der Waals surface area contributed by atoms with E-state index in [9.17, 15) is 0 Å². The van der Waals surface area contributed by atoms with Crippen molar-refractivity contribution in [2.75, 3.05) is 5.32 Å². The first-order valence-electron chi connectivity index (χ1n) is 4.37. The van der Waals surface area contributed by atoms with Crippen molar-refractivity contribution >= 4 is 22.9 Å². The predicted molar refractivity (Wildman–Crippen MR) is 65.3 cm³/mol. The first kappa shape index (κ1) is 11.2. The molecule has 15 heavy (non-hydrogen) atoms. The number of aryl methyl sites for hydroxylation is 1. The van der Waals surface area contributed by atoms with Crippen LogP contribution in [0.25, 0.3) is 0 Å². The van der Waals surface area contributed by atoms with E-state index in [1.165, 1.54) is 11.8 Å². The number of rotatable bonds is 3. The third-order valence-electron chi connectivity index (χ3n) is 1.82. The van der Waals surface area contributed by atoms with Crippen LogP contribution < -0.4 is 11.1 Å². The Morgan fingerprint density at radius 2 is 2.07 bits per heavy atom. The molecule has 0 aromatic heterocycles. The molecule has 0 bridgehead atoms. The molecule has 4 heteroatoms. The molecule has 0 aliphatic rings. The molecular weight excluding hydrogens is 206 g/mol. The van der Waals surface area contributed by atoms with Gasteiger partial charge < -0.3 is 11.1 Å². The summed E-state index contributed by atoms with van der Waals surface area (Å²) >= 11 is 4.70. The Hall–Kier alpha value is -1.86. The Bertz CT molecular complexity index is 426. The molecule has 3 N–H and O–H groups in total. The normalized spacial score (nSPS) is 10.5. The van der Waals surface area contributed by atoms with E-state index in [2.05, 4.69) is 5.32 Å². The summed E-state index contributed by atoms with van der Waals surface area (Å²) < 4.78 is 0.